The second-order valence-corrected chi connectivity index (χ2v) is 5.47. The molecule has 2 N–H and O–H groups in total. The van der Waals surface area contributed by atoms with Crippen LogP contribution in [-0.4, -0.2) is 60.0 Å². The lowest BCUT2D eigenvalue weighted by atomic mass is 10.1. The van der Waals surface area contributed by atoms with E-state index in [1.54, 1.807) is 17.0 Å². The minimum Gasteiger partial charge on any atom is -0.495 e. The number of anilines is 1. The minimum absolute atomic E-state index is 0.0400. The smallest absolute Gasteiger partial charge is 0.408 e. The van der Waals surface area contributed by atoms with E-state index in [1.165, 1.54) is 7.11 Å². The number of halogens is 2. The number of amides is 1. The van der Waals surface area contributed by atoms with Crippen LogP contribution in [0.15, 0.2) is 12.1 Å². The third-order valence-electron chi connectivity index (χ3n) is 3.48. The molecule has 1 aromatic carbocycles. The molecule has 1 heterocycles. The summed E-state index contributed by atoms with van der Waals surface area (Å²) in [5.41, 5.74) is 0.466. The van der Waals surface area contributed by atoms with Crippen LogP contribution in [0.25, 0.3) is 0 Å². The first kappa shape index (κ1) is 16.5. The van der Waals surface area contributed by atoms with Crippen molar-refractivity contribution in [1.82, 2.24) is 4.90 Å². The van der Waals surface area contributed by atoms with Crippen molar-refractivity contribution in [2.45, 2.75) is 6.04 Å². The van der Waals surface area contributed by atoms with Crippen LogP contribution < -0.4 is 9.64 Å². The highest BCUT2D eigenvalue weighted by Crippen LogP contribution is 2.41. The topological polar surface area (TPSA) is 90.3 Å². The van der Waals surface area contributed by atoms with Crippen LogP contribution in [0, 0.1) is 0 Å². The summed E-state index contributed by atoms with van der Waals surface area (Å²) in [7, 11) is 1.46. The molecule has 0 unspecified atom stereocenters. The molecule has 0 saturated carbocycles. The normalized spacial score (nSPS) is 18.2. The minimum atomic E-state index is -1.27. The molecule has 0 spiro atoms. The molecule has 1 aliphatic rings. The van der Waals surface area contributed by atoms with Gasteiger partial charge in [-0.3, -0.25) is 4.90 Å². The number of carbonyl (C=O) groups is 2. The fourth-order valence-corrected chi connectivity index (χ4v) is 2.84. The van der Waals surface area contributed by atoms with Gasteiger partial charge in [0.05, 0.1) is 22.8 Å². The molecular weight excluding hydrogens is 335 g/mol. The Balaban J connectivity index is 2.37. The molecule has 1 saturated heterocycles. The summed E-state index contributed by atoms with van der Waals surface area (Å²) in [5.74, 6) is -0.772. The Bertz CT molecular complexity index is 610. The summed E-state index contributed by atoms with van der Waals surface area (Å²) < 4.78 is 5.24. The first-order valence-electron chi connectivity index (χ1n) is 6.36. The van der Waals surface area contributed by atoms with Gasteiger partial charge >= 0.3 is 12.1 Å². The Hall–Kier alpha value is -1.86. The summed E-state index contributed by atoms with van der Waals surface area (Å²) in [6.45, 7) is 0.281. The molecule has 1 aliphatic heterocycles. The van der Waals surface area contributed by atoms with E-state index < -0.39 is 18.1 Å². The quantitative estimate of drug-likeness (QED) is 0.870. The van der Waals surface area contributed by atoms with E-state index in [4.69, 9.17) is 33.0 Å². The van der Waals surface area contributed by atoms with E-state index >= 15 is 0 Å². The molecule has 1 amide bonds. The highest BCUT2D eigenvalue weighted by Gasteiger charge is 2.36. The second kappa shape index (κ2) is 6.50. The Morgan fingerprint density at radius 2 is 1.95 bits per heavy atom. The van der Waals surface area contributed by atoms with E-state index in [9.17, 15) is 14.7 Å². The maximum absolute atomic E-state index is 11.3. The van der Waals surface area contributed by atoms with Crippen LogP contribution in [0.5, 0.6) is 5.75 Å². The molecule has 0 radical (unpaired) electrons. The van der Waals surface area contributed by atoms with Gasteiger partial charge < -0.3 is 19.8 Å². The van der Waals surface area contributed by atoms with Crippen molar-refractivity contribution in [2.75, 3.05) is 31.6 Å². The van der Waals surface area contributed by atoms with Gasteiger partial charge in [-0.05, 0) is 12.1 Å². The summed E-state index contributed by atoms with van der Waals surface area (Å²) in [6, 6.07) is 2.02. The monoisotopic (exact) mass is 348 g/mol. The van der Waals surface area contributed by atoms with Gasteiger partial charge in [-0.1, -0.05) is 23.2 Å². The third-order valence-corrected chi connectivity index (χ3v) is 4.27. The number of ether oxygens (including phenoxy) is 1. The number of piperazine rings is 1. The van der Waals surface area contributed by atoms with Crippen LogP contribution in [-0.2, 0) is 4.79 Å². The van der Waals surface area contributed by atoms with Gasteiger partial charge in [0.2, 0.25) is 0 Å². The van der Waals surface area contributed by atoms with E-state index in [2.05, 4.69) is 0 Å². The zero-order valence-corrected chi connectivity index (χ0v) is 13.1. The van der Waals surface area contributed by atoms with Crippen molar-refractivity contribution in [2.24, 2.45) is 0 Å². The predicted molar refractivity (Wildman–Crippen MR) is 81.4 cm³/mol. The van der Waals surface area contributed by atoms with E-state index in [0.717, 1.165) is 4.90 Å². The zero-order chi connectivity index (χ0) is 16.4. The van der Waals surface area contributed by atoms with Gasteiger partial charge in [-0.25, -0.2) is 9.59 Å². The van der Waals surface area contributed by atoms with Crippen LogP contribution in [0.1, 0.15) is 0 Å². The maximum atomic E-state index is 11.3. The molecule has 1 fully saturated rings. The molecule has 0 aliphatic carbocycles. The summed E-state index contributed by atoms with van der Waals surface area (Å²) >= 11 is 12.2. The number of carboxylic acid groups (broad SMARTS) is 2. The van der Waals surface area contributed by atoms with Crippen molar-refractivity contribution in [3.8, 4) is 5.75 Å². The Labute approximate surface area is 136 Å². The number of aliphatic carboxylic acids is 1. The number of hydrogen-bond donors (Lipinski definition) is 2. The highest BCUT2D eigenvalue weighted by atomic mass is 35.5. The Morgan fingerprint density at radius 1 is 1.27 bits per heavy atom. The van der Waals surface area contributed by atoms with Gasteiger partial charge in [0.25, 0.3) is 0 Å². The fraction of sp³-hybridized carbons (Fsp3) is 0.385. The largest absolute Gasteiger partial charge is 0.495 e. The lowest BCUT2D eigenvalue weighted by Gasteiger charge is -2.39. The average Bonchev–Trinajstić information content (AvgIpc) is 2.49. The predicted octanol–water partition coefficient (Wildman–Crippen LogP) is 2.26. The molecule has 120 valence electrons. The molecule has 22 heavy (non-hydrogen) atoms. The van der Waals surface area contributed by atoms with Crippen LogP contribution in [0.2, 0.25) is 10.0 Å². The summed E-state index contributed by atoms with van der Waals surface area (Å²) in [4.78, 5) is 25.0. The standard InChI is InChI=1S/C13H14Cl2N2O5/c1-22-9-3-2-7(14)10(15)11(9)16-4-5-17(13(20)21)8(6-16)12(18)19/h2-3,8H,4-6H2,1H3,(H,18,19)(H,20,21)/t8-/m1/s1. The zero-order valence-electron chi connectivity index (χ0n) is 11.6. The lowest BCUT2D eigenvalue weighted by Crippen LogP contribution is -2.58. The van der Waals surface area contributed by atoms with Gasteiger partial charge in [0.15, 0.2) is 0 Å². The molecule has 0 aromatic heterocycles. The van der Waals surface area contributed by atoms with Crippen molar-refractivity contribution in [3.05, 3.63) is 22.2 Å². The first-order valence-corrected chi connectivity index (χ1v) is 7.11. The number of methoxy groups -OCH3 is 1. The molecule has 2 rings (SSSR count). The van der Waals surface area contributed by atoms with E-state index in [0.29, 0.717) is 16.5 Å². The number of carboxylic acids is 1. The van der Waals surface area contributed by atoms with Gasteiger partial charge in [-0.15, -0.1) is 0 Å². The molecule has 1 aromatic rings. The number of benzene rings is 1. The van der Waals surface area contributed by atoms with Crippen molar-refractivity contribution in [1.29, 1.82) is 0 Å². The second-order valence-electron chi connectivity index (χ2n) is 4.69. The number of nitrogens with zero attached hydrogens (tertiary/aromatic N) is 2. The van der Waals surface area contributed by atoms with E-state index in [-0.39, 0.29) is 24.7 Å². The molecule has 9 heteroatoms. The average molecular weight is 349 g/mol. The fourth-order valence-electron chi connectivity index (χ4n) is 2.41. The third kappa shape index (κ3) is 3.00. The van der Waals surface area contributed by atoms with Gasteiger partial charge in [0.1, 0.15) is 11.8 Å². The SMILES string of the molecule is COc1ccc(Cl)c(Cl)c1N1CCN(C(=O)O)[C@@H](C(=O)O)C1. The highest BCUT2D eigenvalue weighted by molar-refractivity contribution is 6.44. The molecule has 0 bridgehead atoms. The molecule has 7 nitrogen and oxygen atoms in total. The van der Waals surface area contributed by atoms with Crippen molar-refractivity contribution >= 4 is 41.0 Å². The number of hydrogen-bond acceptors (Lipinski definition) is 4. The molecule has 1 atom stereocenters. The number of rotatable bonds is 3. The lowest BCUT2D eigenvalue weighted by molar-refractivity contribution is -0.142. The van der Waals surface area contributed by atoms with Crippen molar-refractivity contribution < 1.29 is 24.5 Å². The van der Waals surface area contributed by atoms with Gasteiger partial charge in [0, 0.05) is 19.6 Å². The summed E-state index contributed by atoms with van der Waals surface area (Å²) in [5, 5.41) is 18.9. The summed E-state index contributed by atoms with van der Waals surface area (Å²) in [6.07, 6.45) is -1.27. The first-order chi connectivity index (χ1) is 10.4. The maximum Gasteiger partial charge on any atom is 0.408 e. The van der Waals surface area contributed by atoms with Crippen LogP contribution >= 0.6 is 23.2 Å². The Kier molecular flexibility index (Phi) is 4.87. The van der Waals surface area contributed by atoms with Crippen LogP contribution in [0.3, 0.4) is 0 Å². The Morgan fingerprint density at radius 3 is 2.50 bits per heavy atom. The van der Waals surface area contributed by atoms with Crippen molar-refractivity contribution in [3.63, 3.8) is 0 Å². The van der Waals surface area contributed by atoms with Gasteiger partial charge in [-0.2, -0.15) is 0 Å². The molecular formula is C13H14Cl2N2O5. The van der Waals surface area contributed by atoms with Crippen LogP contribution in [0.4, 0.5) is 10.5 Å². The van der Waals surface area contributed by atoms with E-state index in [1.807, 2.05) is 0 Å².